The molecule has 0 spiro atoms. The molecule has 14 heavy (non-hydrogen) atoms. The van der Waals surface area contributed by atoms with Crippen molar-refractivity contribution in [2.24, 2.45) is 0 Å². The van der Waals surface area contributed by atoms with Crippen LogP contribution in [0.3, 0.4) is 0 Å². The number of hydrogen-bond donors (Lipinski definition) is 1. The van der Waals surface area contributed by atoms with Crippen LogP contribution in [0.15, 0.2) is 18.2 Å². The Morgan fingerprint density at radius 2 is 2.00 bits per heavy atom. The Bertz CT molecular complexity index is 284. The first-order chi connectivity index (χ1) is 6.74. The average molecular weight is 193 g/mol. The fourth-order valence-electron chi connectivity index (χ4n) is 1.32. The van der Waals surface area contributed by atoms with Gasteiger partial charge in [-0.3, -0.25) is 0 Å². The first-order valence-corrected chi connectivity index (χ1v) is 5.00. The van der Waals surface area contributed by atoms with E-state index in [1.54, 1.807) is 7.11 Å². The van der Waals surface area contributed by atoms with Crippen molar-refractivity contribution in [2.45, 2.75) is 20.4 Å². The van der Waals surface area contributed by atoms with Crippen LogP contribution in [-0.4, -0.2) is 20.3 Å². The number of ether oxygens (including phenoxy) is 1. The Morgan fingerprint density at radius 1 is 1.21 bits per heavy atom. The molecule has 2 nitrogen and oxygen atoms in total. The predicted octanol–water partition coefficient (Wildman–Crippen LogP) is 2.04. The molecule has 78 valence electrons. The van der Waals surface area contributed by atoms with Crippen LogP contribution in [-0.2, 0) is 11.3 Å². The molecule has 0 unspecified atom stereocenters. The van der Waals surface area contributed by atoms with Crippen LogP contribution in [0.2, 0.25) is 0 Å². The zero-order valence-electron chi connectivity index (χ0n) is 9.26. The minimum absolute atomic E-state index is 0.769. The summed E-state index contributed by atoms with van der Waals surface area (Å²) in [5.74, 6) is 0. The second kappa shape index (κ2) is 5.78. The van der Waals surface area contributed by atoms with Crippen molar-refractivity contribution in [1.82, 2.24) is 5.32 Å². The van der Waals surface area contributed by atoms with Crippen LogP contribution in [0.4, 0.5) is 0 Å². The standard InChI is InChI=1S/C12H19NO/c1-10-4-5-12(8-11(10)2)9-13-6-7-14-3/h4-5,8,13H,6-7,9H2,1-3H3. The predicted molar refractivity (Wildman–Crippen MR) is 59.5 cm³/mol. The zero-order chi connectivity index (χ0) is 10.4. The van der Waals surface area contributed by atoms with Gasteiger partial charge in [-0.2, -0.15) is 0 Å². The van der Waals surface area contributed by atoms with Gasteiger partial charge in [0.15, 0.2) is 0 Å². The van der Waals surface area contributed by atoms with Gasteiger partial charge in [0.2, 0.25) is 0 Å². The van der Waals surface area contributed by atoms with Crippen molar-refractivity contribution in [2.75, 3.05) is 20.3 Å². The third kappa shape index (κ3) is 3.48. The number of benzene rings is 1. The molecule has 0 radical (unpaired) electrons. The van der Waals surface area contributed by atoms with Crippen LogP contribution in [0, 0.1) is 13.8 Å². The van der Waals surface area contributed by atoms with E-state index in [9.17, 15) is 0 Å². The summed E-state index contributed by atoms with van der Waals surface area (Å²) in [7, 11) is 1.72. The summed E-state index contributed by atoms with van der Waals surface area (Å²) in [4.78, 5) is 0. The molecule has 0 amide bonds. The third-order valence-electron chi connectivity index (χ3n) is 2.38. The van der Waals surface area contributed by atoms with E-state index in [1.165, 1.54) is 16.7 Å². The highest BCUT2D eigenvalue weighted by molar-refractivity contribution is 5.29. The lowest BCUT2D eigenvalue weighted by Crippen LogP contribution is -2.18. The fourth-order valence-corrected chi connectivity index (χ4v) is 1.32. The normalized spacial score (nSPS) is 10.5. The summed E-state index contributed by atoms with van der Waals surface area (Å²) in [5, 5.41) is 3.32. The van der Waals surface area contributed by atoms with E-state index in [1.807, 2.05) is 0 Å². The fraction of sp³-hybridized carbons (Fsp3) is 0.500. The molecule has 1 aromatic rings. The van der Waals surface area contributed by atoms with E-state index in [0.29, 0.717) is 0 Å². The summed E-state index contributed by atoms with van der Waals surface area (Å²) >= 11 is 0. The molecule has 0 heterocycles. The highest BCUT2D eigenvalue weighted by Crippen LogP contribution is 2.09. The smallest absolute Gasteiger partial charge is 0.0587 e. The average Bonchev–Trinajstić information content (AvgIpc) is 2.18. The van der Waals surface area contributed by atoms with Gasteiger partial charge in [0.05, 0.1) is 6.61 Å². The lowest BCUT2D eigenvalue weighted by Gasteiger charge is -2.06. The molecular weight excluding hydrogens is 174 g/mol. The van der Waals surface area contributed by atoms with E-state index in [0.717, 1.165) is 19.7 Å². The van der Waals surface area contributed by atoms with Gasteiger partial charge in [0, 0.05) is 20.2 Å². The minimum Gasteiger partial charge on any atom is -0.383 e. The first kappa shape index (κ1) is 11.2. The zero-order valence-corrected chi connectivity index (χ0v) is 9.26. The van der Waals surface area contributed by atoms with Gasteiger partial charge >= 0.3 is 0 Å². The topological polar surface area (TPSA) is 21.3 Å². The first-order valence-electron chi connectivity index (χ1n) is 5.00. The van der Waals surface area contributed by atoms with Crippen LogP contribution < -0.4 is 5.32 Å². The van der Waals surface area contributed by atoms with Gasteiger partial charge in [-0.05, 0) is 30.5 Å². The maximum absolute atomic E-state index is 4.96. The van der Waals surface area contributed by atoms with E-state index in [-0.39, 0.29) is 0 Å². The van der Waals surface area contributed by atoms with Crippen molar-refractivity contribution >= 4 is 0 Å². The third-order valence-corrected chi connectivity index (χ3v) is 2.38. The van der Waals surface area contributed by atoms with Crippen molar-refractivity contribution in [1.29, 1.82) is 0 Å². The van der Waals surface area contributed by atoms with E-state index in [2.05, 4.69) is 37.4 Å². The second-order valence-corrected chi connectivity index (χ2v) is 3.59. The summed E-state index contributed by atoms with van der Waals surface area (Å²) in [6.45, 7) is 6.88. The Kier molecular flexibility index (Phi) is 4.63. The number of nitrogens with one attached hydrogen (secondary N) is 1. The molecule has 0 fully saturated rings. The summed E-state index contributed by atoms with van der Waals surface area (Å²) in [6.07, 6.45) is 0. The van der Waals surface area contributed by atoms with Crippen molar-refractivity contribution in [3.05, 3.63) is 34.9 Å². The van der Waals surface area contributed by atoms with Crippen molar-refractivity contribution < 1.29 is 4.74 Å². The van der Waals surface area contributed by atoms with Crippen LogP contribution in [0.25, 0.3) is 0 Å². The Hall–Kier alpha value is -0.860. The molecule has 1 N–H and O–H groups in total. The van der Waals surface area contributed by atoms with Gasteiger partial charge in [-0.1, -0.05) is 18.2 Å². The van der Waals surface area contributed by atoms with Crippen molar-refractivity contribution in [3.8, 4) is 0 Å². The molecular formula is C12H19NO. The Balaban J connectivity index is 2.39. The van der Waals surface area contributed by atoms with Crippen LogP contribution in [0.1, 0.15) is 16.7 Å². The number of methoxy groups -OCH3 is 1. The second-order valence-electron chi connectivity index (χ2n) is 3.59. The molecule has 0 bridgehead atoms. The van der Waals surface area contributed by atoms with Gasteiger partial charge in [0.1, 0.15) is 0 Å². The highest BCUT2D eigenvalue weighted by atomic mass is 16.5. The molecule has 1 rings (SSSR count). The maximum atomic E-state index is 4.96. The van der Waals surface area contributed by atoms with Crippen LogP contribution in [0.5, 0.6) is 0 Å². The van der Waals surface area contributed by atoms with E-state index >= 15 is 0 Å². The van der Waals surface area contributed by atoms with Crippen LogP contribution >= 0.6 is 0 Å². The monoisotopic (exact) mass is 193 g/mol. The molecule has 0 aromatic heterocycles. The van der Waals surface area contributed by atoms with Gasteiger partial charge in [0.25, 0.3) is 0 Å². The van der Waals surface area contributed by atoms with Gasteiger partial charge < -0.3 is 10.1 Å². The van der Waals surface area contributed by atoms with E-state index < -0.39 is 0 Å². The Morgan fingerprint density at radius 3 is 2.64 bits per heavy atom. The summed E-state index contributed by atoms with van der Waals surface area (Å²) in [5.41, 5.74) is 4.05. The number of hydrogen-bond acceptors (Lipinski definition) is 2. The quantitative estimate of drug-likeness (QED) is 0.723. The largest absolute Gasteiger partial charge is 0.383 e. The van der Waals surface area contributed by atoms with E-state index in [4.69, 9.17) is 4.74 Å². The molecule has 0 aliphatic heterocycles. The van der Waals surface area contributed by atoms with Gasteiger partial charge in [-0.15, -0.1) is 0 Å². The molecule has 0 aliphatic rings. The van der Waals surface area contributed by atoms with Gasteiger partial charge in [-0.25, -0.2) is 0 Å². The molecule has 0 saturated heterocycles. The molecule has 2 heteroatoms. The molecule has 0 aliphatic carbocycles. The number of rotatable bonds is 5. The summed E-state index contributed by atoms with van der Waals surface area (Å²) < 4.78 is 4.96. The Labute approximate surface area is 86.3 Å². The lowest BCUT2D eigenvalue weighted by molar-refractivity contribution is 0.199. The van der Waals surface area contributed by atoms with Crippen molar-refractivity contribution in [3.63, 3.8) is 0 Å². The molecule has 1 aromatic carbocycles. The molecule has 0 saturated carbocycles. The summed E-state index contributed by atoms with van der Waals surface area (Å²) in [6, 6.07) is 6.57. The highest BCUT2D eigenvalue weighted by Gasteiger charge is 1.95. The lowest BCUT2D eigenvalue weighted by atomic mass is 10.1. The minimum atomic E-state index is 0.769. The SMILES string of the molecule is COCCNCc1ccc(C)c(C)c1. The maximum Gasteiger partial charge on any atom is 0.0587 e. The molecule has 0 atom stereocenters. The number of aryl methyl sites for hydroxylation is 2.